The van der Waals surface area contributed by atoms with Crippen molar-refractivity contribution in [3.8, 4) is 28.5 Å². The van der Waals surface area contributed by atoms with Gasteiger partial charge in [-0.3, -0.25) is 24.7 Å². The first-order valence-electron chi connectivity index (χ1n) is 18.6. The van der Waals surface area contributed by atoms with E-state index in [1.807, 2.05) is 12.4 Å². The molecular formula is C42H52N6O4RuS2. The Bertz CT molecular complexity index is 1650. The van der Waals surface area contributed by atoms with Crippen molar-refractivity contribution in [2.45, 2.75) is 117 Å². The van der Waals surface area contributed by atoms with Crippen LogP contribution in [-0.2, 0) is 37.1 Å². The van der Waals surface area contributed by atoms with Gasteiger partial charge in [-0.15, -0.1) is 0 Å². The van der Waals surface area contributed by atoms with Crippen molar-refractivity contribution < 1.29 is 38.9 Å². The number of rotatable bonds is 21. The SMILES string of the molecule is CCCCCCCCCc1ccnc(-c2cc(CCCCCCCCC)ccn2)c1.O=COc1ccnc(-c2cc(C(=O)O)ccn2)c1.[N-]=C=S.[N-]=C=S.[Ru+2]. The largest absolute Gasteiger partial charge is 2.00 e. The molecule has 0 unspecified atom stereocenters. The van der Waals surface area contributed by atoms with Gasteiger partial charge in [-0.2, -0.15) is 10.3 Å². The van der Waals surface area contributed by atoms with Gasteiger partial charge in [-0.05, 0) is 79.3 Å². The van der Waals surface area contributed by atoms with E-state index in [0.29, 0.717) is 23.6 Å². The normalized spacial score (nSPS) is 9.56. The molecule has 0 aliphatic rings. The number of isothiocyanates is 2. The van der Waals surface area contributed by atoms with Crippen LogP contribution >= 0.6 is 24.4 Å². The van der Waals surface area contributed by atoms with Crippen molar-refractivity contribution in [2.75, 3.05) is 0 Å². The Morgan fingerprint density at radius 2 is 1.00 bits per heavy atom. The second-order valence-electron chi connectivity index (χ2n) is 12.3. The third-order valence-corrected chi connectivity index (χ3v) is 8.23. The monoisotopic (exact) mass is 870 g/mol. The van der Waals surface area contributed by atoms with Gasteiger partial charge in [0.05, 0.1) is 28.3 Å². The number of unbranched alkanes of at least 4 members (excludes halogenated alkanes) is 12. The van der Waals surface area contributed by atoms with Gasteiger partial charge in [0.1, 0.15) is 5.75 Å². The molecule has 0 atom stereocenters. The maximum Gasteiger partial charge on any atom is 2.00 e. The molecule has 4 rings (SSSR count). The molecule has 0 aliphatic heterocycles. The first-order chi connectivity index (χ1) is 26.4. The minimum Gasteiger partial charge on any atom is -0.753 e. The number of carbonyl (C=O) groups excluding carboxylic acids is 1. The summed E-state index contributed by atoms with van der Waals surface area (Å²) in [5.74, 6) is -0.725. The number of nitrogens with zero attached hydrogens (tertiary/aromatic N) is 6. The Labute approximate surface area is 350 Å². The topological polar surface area (TPSA) is 160 Å². The van der Waals surface area contributed by atoms with Gasteiger partial charge in [-0.25, -0.2) is 4.79 Å². The van der Waals surface area contributed by atoms with Crippen molar-refractivity contribution >= 4 is 47.2 Å². The van der Waals surface area contributed by atoms with Crippen LogP contribution in [0, 0.1) is 0 Å². The van der Waals surface area contributed by atoms with Crippen LogP contribution in [0.5, 0.6) is 5.75 Å². The standard InChI is InChI=1S/C28H44N2.C12H8N2O4.2CNS.Ru/c1-3-5-7-9-11-13-15-17-25-19-21-29-27(23-25)28-24-26(20-22-30-28)18-16-14-12-10-8-6-4-2;15-7-18-9-2-4-14-11(6-9)10-5-8(12(16)17)1-3-13-10;2*2-1-3;/h19-24H,3-18H2,1-2H3;1-7H,(H,16,17);;;/q;;2*-1;+2. The summed E-state index contributed by atoms with van der Waals surface area (Å²) < 4.78 is 4.68. The van der Waals surface area contributed by atoms with Gasteiger partial charge < -0.3 is 20.7 Å². The molecule has 4 aromatic heterocycles. The minimum absolute atomic E-state index is 0. The van der Waals surface area contributed by atoms with E-state index in [-0.39, 0.29) is 25.0 Å². The van der Waals surface area contributed by atoms with Gasteiger partial charge in [0.25, 0.3) is 6.47 Å². The van der Waals surface area contributed by atoms with E-state index in [1.165, 1.54) is 148 Å². The minimum atomic E-state index is -1.04. The van der Waals surface area contributed by atoms with E-state index < -0.39 is 5.97 Å². The first-order valence-corrected chi connectivity index (χ1v) is 19.4. The fraction of sp³-hybridized carbons (Fsp3) is 0.429. The second-order valence-corrected chi connectivity index (χ2v) is 12.7. The van der Waals surface area contributed by atoms with E-state index >= 15 is 0 Å². The van der Waals surface area contributed by atoms with E-state index in [0.717, 1.165) is 24.2 Å². The molecule has 55 heavy (non-hydrogen) atoms. The molecule has 4 heterocycles. The summed E-state index contributed by atoms with van der Waals surface area (Å²) in [7, 11) is 0. The average Bonchev–Trinajstić information content (AvgIpc) is 3.19. The van der Waals surface area contributed by atoms with E-state index in [9.17, 15) is 9.59 Å². The van der Waals surface area contributed by atoms with Crippen LogP contribution < -0.4 is 4.74 Å². The van der Waals surface area contributed by atoms with Gasteiger partial charge in [0.2, 0.25) is 0 Å². The van der Waals surface area contributed by atoms with Crippen molar-refractivity contribution in [1.29, 1.82) is 0 Å². The zero-order chi connectivity index (χ0) is 39.7. The molecule has 0 aliphatic carbocycles. The fourth-order valence-corrected chi connectivity index (χ4v) is 5.50. The molecule has 0 radical (unpaired) electrons. The van der Waals surface area contributed by atoms with Crippen LogP contribution in [0.25, 0.3) is 33.6 Å². The Balaban J connectivity index is 0.000000988. The summed E-state index contributed by atoms with van der Waals surface area (Å²) in [5.41, 5.74) is 5.78. The van der Waals surface area contributed by atoms with Crippen LogP contribution in [0.3, 0.4) is 0 Å². The number of carbonyl (C=O) groups is 2. The zero-order valence-electron chi connectivity index (χ0n) is 31.8. The third kappa shape index (κ3) is 24.0. The number of thiocarbonyl (C=S) groups is 2. The summed E-state index contributed by atoms with van der Waals surface area (Å²) >= 11 is 7.40. The molecule has 294 valence electrons. The Hall–Kier alpha value is -4.24. The summed E-state index contributed by atoms with van der Waals surface area (Å²) in [6.07, 6.45) is 28.1. The maximum absolute atomic E-state index is 10.8. The van der Waals surface area contributed by atoms with Crippen LogP contribution in [0.2, 0.25) is 0 Å². The molecule has 0 aromatic carbocycles. The molecule has 10 nitrogen and oxygen atoms in total. The Morgan fingerprint density at radius 3 is 1.42 bits per heavy atom. The van der Waals surface area contributed by atoms with Gasteiger partial charge in [-0.1, -0.05) is 115 Å². The second kappa shape index (κ2) is 34.3. The van der Waals surface area contributed by atoms with E-state index in [4.69, 9.17) is 15.9 Å². The molecule has 4 aromatic rings. The van der Waals surface area contributed by atoms with Gasteiger partial charge in [0.15, 0.2) is 0 Å². The fourth-order valence-electron chi connectivity index (χ4n) is 5.50. The summed E-state index contributed by atoms with van der Waals surface area (Å²) in [5, 5.41) is 25.8. The molecule has 0 bridgehead atoms. The van der Waals surface area contributed by atoms with Crippen LogP contribution in [-0.4, -0.2) is 47.8 Å². The van der Waals surface area contributed by atoms with Gasteiger partial charge in [0, 0.05) is 30.9 Å². The van der Waals surface area contributed by atoms with E-state index in [2.05, 4.69) is 87.2 Å². The molecule has 0 amide bonds. The number of pyridine rings is 4. The number of hydrogen-bond acceptors (Lipinski definition) is 9. The summed E-state index contributed by atoms with van der Waals surface area (Å²) in [4.78, 5) is 38.3. The number of aryl methyl sites for hydroxylation is 2. The molecule has 13 heteroatoms. The van der Waals surface area contributed by atoms with Crippen LogP contribution in [0.1, 0.15) is 125 Å². The molecule has 0 fully saturated rings. The number of ether oxygens (including phenoxy) is 1. The summed E-state index contributed by atoms with van der Waals surface area (Å²) in [6.45, 7) is 4.86. The summed E-state index contributed by atoms with van der Waals surface area (Å²) in [6, 6.07) is 14.6. The third-order valence-electron chi connectivity index (χ3n) is 8.23. The number of carboxylic acid groups (broad SMARTS) is 1. The smallest absolute Gasteiger partial charge is 0.753 e. The number of aromatic nitrogens is 4. The first kappa shape index (κ1) is 50.8. The average molecular weight is 870 g/mol. The van der Waals surface area contributed by atoms with Crippen molar-refractivity contribution in [3.05, 3.63) is 101 Å². The van der Waals surface area contributed by atoms with Crippen LogP contribution in [0.15, 0.2) is 73.3 Å². The number of aromatic carboxylic acids is 1. The predicted molar refractivity (Wildman–Crippen MR) is 224 cm³/mol. The van der Waals surface area contributed by atoms with Crippen molar-refractivity contribution in [1.82, 2.24) is 19.9 Å². The maximum atomic E-state index is 10.8. The molecular weight excluding hydrogens is 818 g/mol. The van der Waals surface area contributed by atoms with E-state index in [1.54, 1.807) is 0 Å². The van der Waals surface area contributed by atoms with Gasteiger partial charge >= 0.3 is 25.4 Å². The van der Waals surface area contributed by atoms with Crippen LogP contribution in [0.4, 0.5) is 0 Å². The Kier molecular flexibility index (Phi) is 31.6. The molecule has 1 N–H and O–H groups in total. The van der Waals surface area contributed by atoms with Crippen molar-refractivity contribution in [3.63, 3.8) is 0 Å². The number of hydrogen-bond donors (Lipinski definition) is 1. The van der Waals surface area contributed by atoms with Crippen molar-refractivity contribution in [2.24, 2.45) is 0 Å². The number of carboxylic acids is 1. The Morgan fingerprint density at radius 1 is 0.636 bits per heavy atom. The quantitative estimate of drug-likeness (QED) is 0.0281. The molecule has 0 saturated carbocycles. The predicted octanol–water partition coefficient (Wildman–Crippen LogP) is 11.4. The molecule has 0 saturated heterocycles. The zero-order valence-corrected chi connectivity index (χ0v) is 35.2. The molecule has 0 spiro atoms.